The van der Waals surface area contributed by atoms with Crippen LogP contribution in [0.15, 0.2) is 60.9 Å². The number of hydrogen-bond donors (Lipinski definition) is 2. The number of rotatable bonds is 3. The molecule has 0 spiro atoms. The highest BCUT2D eigenvalue weighted by Crippen LogP contribution is 2.39. The maximum atomic E-state index is 12.2. The number of fused-ring (bicyclic) bond motifs is 2. The monoisotopic (exact) mass is 444 g/mol. The van der Waals surface area contributed by atoms with Crippen molar-refractivity contribution in [3.8, 4) is 34.0 Å². The normalized spacial score (nSPS) is 15.2. The Morgan fingerprint density at radius 3 is 2.73 bits per heavy atom. The van der Waals surface area contributed by atoms with Gasteiger partial charge in [-0.2, -0.15) is 0 Å². The molecule has 3 heterocycles. The Morgan fingerprint density at radius 1 is 1.18 bits per heavy atom. The van der Waals surface area contributed by atoms with Crippen molar-refractivity contribution < 1.29 is 19.4 Å². The molecule has 8 heteroatoms. The van der Waals surface area contributed by atoms with Crippen molar-refractivity contribution in [3.63, 3.8) is 0 Å². The van der Waals surface area contributed by atoms with E-state index >= 15 is 0 Å². The third-order valence-electron chi connectivity index (χ3n) is 5.27. The lowest BCUT2D eigenvalue weighted by atomic mass is 10.0. The predicted octanol–water partition coefficient (Wildman–Crippen LogP) is 4.73. The average Bonchev–Trinajstić information content (AvgIpc) is 3.33. The number of nitrogens with one attached hydrogen (secondary N) is 1. The molecule has 1 aliphatic heterocycles. The molecule has 1 aliphatic rings. The van der Waals surface area contributed by atoms with E-state index in [0.717, 1.165) is 22.4 Å². The molecule has 0 fully saturated rings. The number of alkyl carbamates (subject to hydrolysis) is 1. The van der Waals surface area contributed by atoms with E-state index in [0.29, 0.717) is 23.8 Å². The van der Waals surface area contributed by atoms with Crippen LogP contribution in [0.4, 0.5) is 4.79 Å². The van der Waals surface area contributed by atoms with Gasteiger partial charge in [-0.3, -0.25) is 4.40 Å². The van der Waals surface area contributed by atoms with Crippen LogP contribution >= 0.6 is 0 Å². The highest BCUT2D eigenvalue weighted by atomic mass is 16.6. The Kier molecular flexibility index (Phi) is 4.92. The predicted molar refractivity (Wildman–Crippen MR) is 123 cm³/mol. The van der Waals surface area contributed by atoms with Crippen LogP contribution in [0.2, 0.25) is 0 Å². The first-order valence-corrected chi connectivity index (χ1v) is 10.7. The van der Waals surface area contributed by atoms with Gasteiger partial charge in [0, 0.05) is 16.7 Å². The summed E-state index contributed by atoms with van der Waals surface area (Å²) >= 11 is 0. The number of aromatic hydroxyl groups is 1. The summed E-state index contributed by atoms with van der Waals surface area (Å²) in [6, 6.07) is 15.3. The maximum Gasteiger partial charge on any atom is 0.408 e. The molecular weight excluding hydrogens is 420 g/mol. The summed E-state index contributed by atoms with van der Waals surface area (Å²) in [7, 11) is 0. The van der Waals surface area contributed by atoms with Crippen molar-refractivity contribution in [3.05, 3.63) is 66.5 Å². The van der Waals surface area contributed by atoms with E-state index in [2.05, 4.69) is 10.3 Å². The number of hydrogen-bond acceptors (Lipinski definition) is 6. The molecule has 4 aromatic rings. The van der Waals surface area contributed by atoms with Gasteiger partial charge in [0.2, 0.25) is 5.78 Å². The van der Waals surface area contributed by atoms with Gasteiger partial charge in [-0.1, -0.05) is 42.5 Å². The number of aromatic nitrogens is 3. The zero-order valence-corrected chi connectivity index (χ0v) is 18.6. The molecule has 0 bridgehead atoms. The van der Waals surface area contributed by atoms with E-state index in [4.69, 9.17) is 14.5 Å². The summed E-state index contributed by atoms with van der Waals surface area (Å²) in [4.78, 5) is 21.2. The molecule has 0 saturated heterocycles. The van der Waals surface area contributed by atoms with Gasteiger partial charge < -0.3 is 19.9 Å². The second kappa shape index (κ2) is 7.81. The average molecular weight is 444 g/mol. The Labute approximate surface area is 190 Å². The van der Waals surface area contributed by atoms with Crippen LogP contribution in [0.25, 0.3) is 28.3 Å². The zero-order valence-electron chi connectivity index (χ0n) is 18.6. The molecule has 33 heavy (non-hydrogen) atoms. The Balaban J connectivity index is 1.53. The molecule has 1 amide bonds. The van der Waals surface area contributed by atoms with Gasteiger partial charge in [-0.05, 0) is 26.8 Å². The van der Waals surface area contributed by atoms with E-state index in [-0.39, 0.29) is 11.8 Å². The standard InChI is InChI=1S/C25H24N4O4/c1-25(2,3)33-24(31)27-19-14-32-20-11-16(9-10-18(19)20)21-22(15-7-5-4-6-8-15)29-13-17(30)12-26-23(29)28-21/h4-13,19,30H,14H2,1-3H3,(H,27,31)/t19-/m0/s1. The van der Waals surface area contributed by atoms with Crippen molar-refractivity contribution in [1.29, 1.82) is 0 Å². The summed E-state index contributed by atoms with van der Waals surface area (Å²) in [6.45, 7) is 5.80. The molecule has 1 atom stereocenters. The van der Waals surface area contributed by atoms with Crippen LogP contribution < -0.4 is 10.1 Å². The minimum atomic E-state index is -0.574. The van der Waals surface area contributed by atoms with Gasteiger partial charge in [-0.15, -0.1) is 0 Å². The topological polar surface area (TPSA) is 98.0 Å². The summed E-state index contributed by atoms with van der Waals surface area (Å²) in [5.41, 5.74) is 3.62. The SMILES string of the molecule is CC(C)(C)OC(=O)N[C@H]1COc2cc(-c3nc4ncc(O)cn4c3-c3ccccc3)ccc21. The van der Waals surface area contributed by atoms with Gasteiger partial charge >= 0.3 is 6.09 Å². The molecule has 2 aromatic carbocycles. The second-order valence-electron chi connectivity index (χ2n) is 8.92. The van der Waals surface area contributed by atoms with Gasteiger partial charge in [0.1, 0.15) is 18.0 Å². The smallest absolute Gasteiger partial charge is 0.408 e. The quantitative estimate of drug-likeness (QED) is 0.474. The van der Waals surface area contributed by atoms with Crippen LogP contribution in [-0.4, -0.2) is 37.8 Å². The third kappa shape index (κ3) is 4.07. The van der Waals surface area contributed by atoms with Crippen LogP contribution in [0.5, 0.6) is 11.5 Å². The molecule has 0 unspecified atom stereocenters. The summed E-state index contributed by atoms with van der Waals surface area (Å²) in [5, 5.41) is 12.9. The lowest BCUT2D eigenvalue weighted by molar-refractivity contribution is 0.0497. The Morgan fingerprint density at radius 2 is 1.97 bits per heavy atom. The lowest BCUT2D eigenvalue weighted by Crippen LogP contribution is -2.35. The van der Waals surface area contributed by atoms with Crippen molar-refractivity contribution in [1.82, 2.24) is 19.7 Å². The third-order valence-corrected chi connectivity index (χ3v) is 5.27. The number of benzene rings is 2. The number of imidazole rings is 1. The first-order chi connectivity index (χ1) is 15.8. The zero-order chi connectivity index (χ0) is 23.2. The van der Waals surface area contributed by atoms with Crippen molar-refractivity contribution in [2.75, 3.05) is 6.61 Å². The fraction of sp³-hybridized carbons (Fsp3) is 0.240. The molecule has 0 radical (unpaired) electrons. The van der Waals surface area contributed by atoms with Crippen LogP contribution in [0, 0.1) is 0 Å². The fourth-order valence-corrected chi connectivity index (χ4v) is 3.92. The summed E-state index contributed by atoms with van der Waals surface area (Å²) in [6.07, 6.45) is 2.50. The number of ether oxygens (including phenoxy) is 2. The number of nitrogens with zero attached hydrogens (tertiary/aromatic N) is 3. The second-order valence-corrected chi connectivity index (χ2v) is 8.92. The fourth-order valence-electron chi connectivity index (χ4n) is 3.92. The minimum absolute atomic E-state index is 0.0528. The van der Waals surface area contributed by atoms with E-state index in [9.17, 15) is 9.90 Å². The van der Waals surface area contributed by atoms with Gasteiger partial charge in [-0.25, -0.2) is 14.8 Å². The van der Waals surface area contributed by atoms with Gasteiger partial charge in [0.15, 0.2) is 5.75 Å². The van der Waals surface area contributed by atoms with E-state index in [1.165, 1.54) is 6.20 Å². The number of carbonyl (C=O) groups is 1. The number of amides is 1. The van der Waals surface area contributed by atoms with Gasteiger partial charge in [0.05, 0.1) is 29.8 Å². The highest BCUT2D eigenvalue weighted by molar-refractivity contribution is 5.82. The Bertz CT molecular complexity index is 1340. The molecule has 8 nitrogen and oxygen atoms in total. The van der Waals surface area contributed by atoms with Crippen LogP contribution in [0.1, 0.15) is 32.4 Å². The summed E-state index contributed by atoms with van der Waals surface area (Å²) in [5.74, 6) is 1.21. The van der Waals surface area contributed by atoms with Crippen molar-refractivity contribution in [2.24, 2.45) is 0 Å². The number of carbonyl (C=O) groups excluding carboxylic acids is 1. The van der Waals surface area contributed by atoms with E-state index < -0.39 is 11.7 Å². The molecule has 0 saturated carbocycles. The van der Waals surface area contributed by atoms with Crippen molar-refractivity contribution >= 4 is 11.9 Å². The van der Waals surface area contributed by atoms with Crippen molar-refractivity contribution in [2.45, 2.75) is 32.4 Å². The molecular formula is C25H24N4O4. The molecule has 0 aliphatic carbocycles. The van der Waals surface area contributed by atoms with Gasteiger partial charge in [0.25, 0.3) is 0 Å². The van der Waals surface area contributed by atoms with E-state index in [1.54, 1.807) is 10.6 Å². The minimum Gasteiger partial charge on any atom is -0.505 e. The molecule has 5 rings (SSSR count). The Hall–Kier alpha value is -4.07. The van der Waals surface area contributed by atoms with E-state index in [1.807, 2.05) is 69.3 Å². The first-order valence-electron chi connectivity index (χ1n) is 10.7. The van der Waals surface area contributed by atoms with Crippen LogP contribution in [0.3, 0.4) is 0 Å². The van der Waals surface area contributed by atoms with Crippen LogP contribution in [-0.2, 0) is 4.74 Å². The summed E-state index contributed by atoms with van der Waals surface area (Å²) < 4.78 is 13.0. The highest BCUT2D eigenvalue weighted by Gasteiger charge is 2.29. The molecule has 2 aromatic heterocycles. The maximum absolute atomic E-state index is 12.2. The molecule has 2 N–H and O–H groups in total. The molecule has 168 valence electrons. The largest absolute Gasteiger partial charge is 0.505 e. The first kappa shape index (κ1) is 20.8. The lowest BCUT2D eigenvalue weighted by Gasteiger charge is -2.21.